The van der Waals surface area contributed by atoms with Gasteiger partial charge in [0.15, 0.2) is 6.26 Å². The summed E-state index contributed by atoms with van der Waals surface area (Å²) >= 11 is 1.72. The van der Waals surface area contributed by atoms with Crippen LogP contribution >= 0.6 is 11.3 Å². The Balaban J connectivity index is 1.96. The highest BCUT2D eigenvalue weighted by Crippen LogP contribution is 2.26. The molecule has 2 aromatic heterocycles. The normalized spacial score (nSPS) is 10.8. The first-order valence-corrected chi connectivity index (χ1v) is 6.99. The van der Waals surface area contributed by atoms with E-state index in [9.17, 15) is 0 Å². The highest BCUT2D eigenvalue weighted by molar-refractivity contribution is 7.14. The van der Waals surface area contributed by atoms with Gasteiger partial charge in [-0.25, -0.2) is 9.51 Å². The summed E-state index contributed by atoms with van der Waals surface area (Å²) in [5.41, 5.74) is 3.65. The molecule has 0 aliphatic carbocycles. The van der Waals surface area contributed by atoms with Crippen LogP contribution in [0.2, 0.25) is 0 Å². The van der Waals surface area contributed by atoms with Crippen molar-refractivity contribution in [3.8, 4) is 10.6 Å². The second kappa shape index (κ2) is 4.97. The fourth-order valence-corrected chi connectivity index (χ4v) is 2.87. The van der Waals surface area contributed by atoms with Crippen LogP contribution in [0.5, 0.6) is 0 Å². The van der Waals surface area contributed by atoms with Crippen molar-refractivity contribution in [1.29, 1.82) is 0 Å². The van der Waals surface area contributed by atoms with Gasteiger partial charge in [0.25, 0.3) is 0 Å². The fourth-order valence-electron chi connectivity index (χ4n) is 2.11. The van der Waals surface area contributed by atoms with E-state index >= 15 is 0 Å². The third-order valence-electron chi connectivity index (χ3n) is 2.87. The summed E-state index contributed by atoms with van der Waals surface area (Å²) in [7, 11) is 0. The predicted molar refractivity (Wildman–Crippen MR) is 75.0 cm³/mol. The highest BCUT2D eigenvalue weighted by Gasteiger charge is 2.09. The summed E-state index contributed by atoms with van der Waals surface area (Å²) in [4.78, 5) is 5.69. The lowest BCUT2D eigenvalue weighted by Crippen LogP contribution is -2.30. The van der Waals surface area contributed by atoms with Gasteiger partial charge in [-0.3, -0.25) is 0 Å². The first kappa shape index (κ1) is 12.1. The zero-order chi connectivity index (χ0) is 13.2. The first-order chi connectivity index (χ1) is 9.20. The van der Waals surface area contributed by atoms with Crippen molar-refractivity contribution in [1.82, 2.24) is 4.98 Å². The highest BCUT2D eigenvalue weighted by atomic mass is 32.1. The molecule has 3 nitrogen and oxygen atoms in total. The molecule has 3 rings (SSSR count). The van der Waals surface area contributed by atoms with Crippen LogP contribution in [0.3, 0.4) is 0 Å². The number of hydrogen-bond acceptors (Lipinski definition) is 3. The Morgan fingerprint density at radius 2 is 2.16 bits per heavy atom. The standard InChI is InChI=1S/C15H15N2OS/c1-11-6-13(10-17-4-3-5-18-17)8-14(7-11)15-16-9-12(2)19-15/h3-9H,10H2,1-2H3/q+1. The molecule has 0 unspecified atom stereocenters. The van der Waals surface area contributed by atoms with Gasteiger partial charge >= 0.3 is 0 Å². The molecule has 1 aromatic carbocycles. The average molecular weight is 271 g/mol. The minimum atomic E-state index is 0.742. The summed E-state index contributed by atoms with van der Waals surface area (Å²) in [6, 6.07) is 8.43. The van der Waals surface area contributed by atoms with Crippen LogP contribution in [0.15, 0.2) is 47.4 Å². The van der Waals surface area contributed by atoms with E-state index in [1.807, 2.05) is 23.2 Å². The maximum atomic E-state index is 5.33. The molecule has 2 heterocycles. The smallest absolute Gasteiger partial charge is 0.220 e. The molecule has 0 N–H and O–H groups in total. The lowest BCUT2D eigenvalue weighted by molar-refractivity contribution is -0.857. The number of nitrogens with zero attached hydrogens (tertiary/aromatic N) is 2. The molecular formula is C15H15N2OS+. The van der Waals surface area contributed by atoms with Gasteiger partial charge in [0.2, 0.25) is 12.7 Å². The van der Waals surface area contributed by atoms with Crippen LogP contribution in [0, 0.1) is 13.8 Å². The quantitative estimate of drug-likeness (QED) is 0.684. The molecule has 0 aliphatic rings. The molecule has 3 aromatic rings. The molecule has 0 aliphatic heterocycles. The average Bonchev–Trinajstić information content (AvgIpc) is 3.00. The van der Waals surface area contributed by atoms with E-state index in [0.717, 1.165) is 11.6 Å². The van der Waals surface area contributed by atoms with Gasteiger partial charge < -0.3 is 0 Å². The summed E-state index contributed by atoms with van der Waals surface area (Å²) in [5, 5.41) is 1.08. The fraction of sp³-hybridized carbons (Fsp3) is 0.200. The van der Waals surface area contributed by atoms with Gasteiger partial charge in [-0.05, 0) is 42.3 Å². The van der Waals surface area contributed by atoms with E-state index in [0.29, 0.717) is 0 Å². The third kappa shape index (κ3) is 2.74. The van der Waals surface area contributed by atoms with Gasteiger partial charge in [0.1, 0.15) is 5.01 Å². The molecular weight excluding hydrogens is 256 g/mol. The maximum Gasteiger partial charge on any atom is 0.220 e. The molecule has 0 saturated heterocycles. The first-order valence-electron chi connectivity index (χ1n) is 6.17. The van der Waals surface area contributed by atoms with Crippen molar-refractivity contribution in [2.24, 2.45) is 0 Å². The molecule has 0 radical (unpaired) electrons. The topological polar surface area (TPSA) is 29.9 Å². The Labute approximate surface area is 116 Å². The second-order valence-corrected chi connectivity index (χ2v) is 5.88. The second-order valence-electron chi connectivity index (χ2n) is 4.64. The predicted octanol–water partition coefficient (Wildman–Crippen LogP) is 3.36. The summed E-state index contributed by atoms with van der Waals surface area (Å²) in [6.45, 7) is 4.93. The zero-order valence-corrected chi connectivity index (χ0v) is 11.8. The van der Waals surface area contributed by atoms with Crippen LogP contribution in [0.25, 0.3) is 10.6 Å². The Hall–Kier alpha value is -1.94. The SMILES string of the molecule is Cc1cc(C[n+]2ccco2)cc(-c2ncc(C)s2)c1. The number of benzene rings is 1. The van der Waals surface area contributed by atoms with Gasteiger partial charge in [-0.15, -0.1) is 11.3 Å². The number of rotatable bonds is 3. The Kier molecular flexibility index (Phi) is 3.17. The number of aromatic nitrogens is 2. The molecule has 0 spiro atoms. The molecule has 0 amide bonds. The number of hydrogen-bond donors (Lipinski definition) is 0. The molecule has 4 heteroatoms. The Morgan fingerprint density at radius 3 is 2.84 bits per heavy atom. The monoisotopic (exact) mass is 271 g/mol. The summed E-state index contributed by atoms with van der Waals surface area (Å²) in [5.74, 6) is 0. The van der Waals surface area contributed by atoms with E-state index in [1.165, 1.54) is 21.6 Å². The van der Waals surface area contributed by atoms with E-state index in [-0.39, 0.29) is 0 Å². The van der Waals surface area contributed by atoms with Crippen molar-refractivity contribution in [3.63, 3.8) is 0 Å². The van der Waals surface area contributed by atoms with Gasteiger partial charge in [-0.2, -0.15) is 0 Å². The van der Waals surface area contributed by atoms with Crippen molar-refractivity contribution in [2.75, 3.05) is 0 Å². The lowest BCUT2D eigenvalue weighted by atomic mass is 10.1. The summed E-state index contributed by atoms with van der Waals surface area (Å²) < 4.78 is 7.14. The van der Waals surface area contributed by atoms with E-state index in [1.54, 1.807) is 17.6 Å². The number of thiazole rings is 1. The Morgan fingerprint density at radius 1 is 1.26 bits per heavy atom. The van der Waals surface area contributed by atoms with Crippen LogP contribution in [0.4, 0.5) is 0 Å². The van der Waals surface area contributed by atoms with Crippen molar-refractivity contribution < 1.29 is 9.26 Å². The molecule has 0 fully saturated rings. The minimum absolute atomic E-state index is 0.742. The van der Waals surface area contributed by atoms with Crippen LogP contribution in [0.1, 0.15) is 16.0 Å². The van der Waals surface area contributed by atoms with E-state index in [2.05, 4.69) is 37.0 Å². The van der Waals surface area contributed by atoms with Crippen LogP contribution in [-0.4, -0.2) is 4.98 Å². The Bertz CT molecular complexity index is 686. The molecule has 0 atom stereocenters. The van der Waals surface area contributed by atoms with Crippen LogP contribution in [-0.2, 0) is 6.54 Å². The van der Waals surface area contributed by atoms with Crippen molar-refractivity contribution >= 4 is 11.3 Å². The van der Waals surface area contributed by atoms with Gasteiger partial charge in [0, 0.05) is 28.3 Å². The third-order valence-corrected chi connectivity index (χ3v) is 3.83. The zero-order valence-electron chi connectivity index (χ0n) is 11.0. The molecule has 0 saturated carbocycles. The lowest BCUT2D eigenvalue weighted by Gasteiger charge is -2.02. The van der Waals surface area contributed by atoms with Crippen LogP contribution < -0.4 is 4.74 Å². The maximum absolute atomic E-state index is 5.33. The minimum Gasteiger partial charge on any atom is -0.244 e. The van der Waals surface area contributed by atoms with Gasteiger partial charge in [-0.1, -0.05) is 0 Å². The largest absolute Gasteiger partial charge is 0.244 e. The molecule has 0 bridgehead atoms. The number of aryl methyl sites for hydroxylation is 2. The van der Waals surface area contributed by atoms with Crippen molar-refractivity contribution in [2.45, 2.75) is 20.4 Å². The molecule has 96 valence electrons. The van der Waals surface area contributed by atoms with E-state index in [4.69, 9.17) is 4.52 Å². The van der Waals surface area contributed by atoms with Crippen molar-refractivity contribution in [3.05, 3.63) is 58.9 Å². The summed E-state index contributed by atoms with van der Waals surface area (Å²) in [6.07, 6.45) is 5.53. The van der Waals surface area contributed by atoms with E-state index < -0.39 is 0 Å². The molecule has 19 heavy (non-hydrogen) atoms. The van der Waals surface area contributed by atoms with Gasteiger partial charge in [0.05, 0.1) is 0 Å².